The molecular formula is C21H15ClO3. The molecule has 25 heavy (non-hydrogen) atoms. The van der Waals surface area contributed by atoms with Gasteiger partial charge in [-0.3, -0.25) is 4.79 Å². The first-order valence-corrected chi connectivity index (χ1v) is 8.13. The van der Waals surface area contributed by atoms with Crippen LogP contribution in [0.1, 0.15) is 20.7 Å². The van der Waals surface area contributed by atoms with Gasteiger partial charge in [0.25, 0.3) is 0 Å². The van der Waals surface area contributed by atoms with E-state index < -0.39 is 5.97 Å². The SMILES string of the molecule is O=C(COC(=O)c1ccccc1Cl)c1ccc(-c2ccccc2)cc1. The number of ketones is 1. The number of hydrogen-bond acceptors (Lipinski definition) is 3. The summed E-state index contributed by atoms with van der Waals surface area (Å²) in [4.78, 5) is 24.2. The lowest BCUT2D eigenvalue weighted by Crippen LogP contribution is -2.14. The van der Waals surface area contributed by atoms with Crippen molar-refractivity contribution in [3.8, 4) is 11.1 Å². The molecule has 0 aliphatic heterocycles. The van der Waals surface area contributed by atoms with Gasteiger partial charge in [-0.05, 0) is 23.3 Å². The average molecular weight is 351 g/mol. The van der Waals surface area contributed by atoms with E-state index in [-0.39, 0.29) is 18.0 Å². The van der Waals surface area contributed by atoms with Crippen LogP contribution >= 0.6 is 11.6 Å². The molecule has 0 saturated heterocycles. The van der Waals surface area contributed by atoms with Crippen LogP contribution in [0.3, 0.4) is 0 Å². The summed E-state index contributed by atoms with van der Waals surface area (Å²) in [6.07, 6.45) is 0. The molecule has 0 amide bonds. The maximum absolute atomic E-state index is 12.2. The molecule has 124 valence electrons. The third kappa shape index (κ3) is 4.14. The van der Waals surface area contributed by atoms with Crippen molar-refractivity contribution in [2.45, 2.75) is 0 Å². The fourth-order valence-electron chi connectivity index (χ4n) is 2.40. The molecule has 0 bridgehead atoms. The molecule has 4 heteroatoms. The number of Topliss-reactive ketones (excluding diaryl/α,β-unsaturated/α-hetero) is 1. The zero-order chi connectivity index (χ0) is 17.6. The summed E-state index contributed by atoms with van der Waals surface area (Å²) in [5.74, 6) is -0.875. The minimum atomic E-state index is -0.611. The van der Waals surface area contributed by atoms with Crippen molar-refractivity contribution in [2.75, 3.05) is 6.61 Å². The number of ether oxygens (including phenoxy) is 1. The quantitative estimate of drug-likeness (QED) is 0.478. The largest absolute Gasteiger partial charge is 0.454 e. The van der Waals surface area contributed by atoms with Gasteiger partial charge in [0.2, 0.25) is 0 Å². The van der Waals surface area contributed by atoms with E-state index in [1.165, 1.54) is 0 Å². The fraction of sp³-hybridized carbons (Fsp3) is 0.0476. The summed E-state index contributed by atoms with van der Waals surface area (Å²) >= 11 is 5.94. The molecule has 0 aliphatic rings. The van der Waals surface area contributed by atoms with E-state index in [1.807, 2.05) is 42.5 Å². The lowest BCUT2D eigenvalue weighted by molar-refractivity contribution is 0.0475. The van der Waals surface area contributed by atoms with Gasteiger partial charge < -0.3 is 4.74 Å². The Balaban J connectivity index is 1.64. The molecule has 0 aromatic heterocycles. The number of esters is 1. The fourth-order valence-corrected chi connectivity index (χ4v) is 2.61. The zero-order valence-corrected chi connectivity index (χ0v) is 14.1. The smallest absolute Gasteiger partial charge is 0.340 e. The second kappa shape index (κ2) is 7.77. The Morgan fingerprint density at radius 1 is 0.760 bits per heavy atom. The molecule has 0 fully saturated rings. The van der Waals surface area contributed by atoms with E-state index >= 15 is 0 Å². The minimum Gasteiger partial charge on any atom is -0.454 e. The van der Waals surface area contributed by atoms with Gasteiger partial charge in [0.1, 0.15) is 0 Å². The molecule has 3 aromatic rings. The number of rotatable bonds is 5. The molecular weight excluding hydrogens is 336 g/mol. The van der Waals surface area contributed by atoms with Gasteiger partial charge in [-0.15, -0.1) is 0 Å². The van der Waals surface area contributed by atoms with Gasteiger partial charge in [-0.25, -0.2) is 4.79 Å². The molecule has 0 N–H and O–H groups in total. The molecule has 3 rings (SSSR count). The third-order valence-electron chi connectivity index (χ3n) is 3.74. The molecule has 0 unspecified atom stereocenters. The molecule has 3 aromatic carbocycles. The van der Waals surface area contributed by atoms with E-state index in [4.69, 9.17) is 16.3 Å². The van der Waals surface area contributed by atoms with Crippen molar-refractivity contribution in [1.29, 1.82) is 0 Å². The number of carbonyl (C=O) groups excluding carboxylic acids is 2. The van der Waals surface area contributed by atoms with Crippen LogP contribution in [-0.4, -0.2) is 18.4 Å². The molecule has 3 nitrogen and oxygen atoms in total. The van der Waals surface area contributed by atoms with Crippen molar-refractivity contribution in [1.82, 2.24) is 0 Å². The second-order valence-electron chi connectivity index (χ2n) is 5.42. The number of carbonyl (C=O) groups is 2. The van der Waals surface area contributed by atoms with Crippen LogP contribution in [0.5, 0.6) is 0 Å². The van der Waals surface area contributed by atoms with Gasteiger partial charge in [0.05, 0.1) is 10.6 Å². The summed E-state index contributed by atoms with van der Waals surface area (Å²) in [6, 6.07) is 23.7. The van der Waals surface area contributed by atoms with Crippen molar-refractivity contribution >= 4 is 23.4 Å². The average Bonchev–Trinajstić information content (AvgIpc) is 2.67. The predicted molar refractivity (Wildman–Crippen MR) is 97.9 cm³/mol. The maximum Gasteiger partial charge on any atom is 0.340 e. The van der Waals surface area contributed by atoms with Gasteiger partial charge in [0.15, 0.2) is 12.4 Å². The first-order chi connectivity index (χ1) is 12.1. The topological polar surface area (TPSA) is 43.4 Å². The minimum absolute atomic E-state index is 0.247. The van der Waals surface area contributed by atoms with Gasteiger partial charge in [-0.2, -0.15) is 0 Å². The predicted octanol–water partition coefficient (Wildman–Crippen LogP) is 5.05. The number of benzene rings is 3. The van der Waals surface area contributed by atoms with Gasteiger partial charge in [-0.1, -0.05) is 78.3 Å². The second-order valence-corrected chi connectivity index (χ2v) is 5.83. The third-order valence-corrected chi connectivity index (χ3v) is 4.07. The van der Waals surface area contributed by atoms with Crippen molar-refractivity contribution in [3.05, 3.63) is 95.0 Å². The molecule has 0 heterocycles. The summed E-state index contributed by atoms with van der Waals surface area (Å²) in [5.41, 5.74) is 2.83. The van der Waals surface area contributed by atoms with Crippen molar-refractivity contribution < 1.29 is 14.3 Å². The maximum atomic E-state index is 12.2. The summed E-state index contributed by atoms with van der Waals surface area (Å²) in [6.45, 7) is -0.325. The summed E-state index contributed by atoms with van der Waals surface area (Å²) < 4.78 is 5.07. The molecule has 0 spiro atoms. The van der Waals surface area contributed by atoms with Crippen LogP contribution in [0, 0.1) is 0 Å². The molecule has 0 atom stereocenters. The molecule has 0 aliphatic carbocycles. The van der Waals surface area contributed by atoms with E-state index in [2.05, 4.69) is 0 Å². The highest BCUT2D eigenvalue weighted by Crippen LogP contribution is 2.20. The van der Waals surface area contributed by atoms with Crippen LogP contribution < -0.4 is 0 Å². The Morgan fingerprint density at radius 3 is 2.04 bits per heavy atom. The highest BCUT2D eigenvalue weighted by atomic mass is 35.5. The first-order valence-electron chi connectivity index (χ1n) is 7.75. The zero-order valence-electron chi connectivity index (χ0n) is 13.3. The Hall–Kier alpha value is -2.91. The Morgan fingerprint density at radius 2 is 1.36 bits per heavy atom. The Bertz CT molecular complexity index is 887. The van der Waals surface area contributed by atoms with E-state index in [0.717, 1.165) is 11.1 Å². The Labute approximate surface area is 150 Å². The molecule has 0 radical (unpaired) electrons. The standard InChI is InChI=1S/C21H15ClO3/c22-19-9-5-4-8-18(19)21(24)25-14-20(23)17-12-10-16(11-13-17)15-6-2-1-3-7-15/h1-13H,14H2. The van der Waals surface area contributed by atoms with Crippen LogP contribution in [0.25, 0.3) is 11.1 Å². The lowest BCUT2D eigenvalue weighted by Gasteiger charge is -2.07. The monoisotopic (exact) mass is 350 g/mol. The van der Waals surface area contributed by atoms with Crippen molar-refractivity contribution in [2.24, 2.45) is 0 Å². The normalized spacial score (nSPS) is 10.3. The van der Waals surface area contributed by atoms with E-state index in [9.17, 15) is 9.59 Å². The highest BCUT2D eigenvalue weighted by molar-refractivity contribution is 6.33. The summed E-state index contributed by atoms with van der Waals surface area (Å²) in [5, 5.41) is 0.298. The van der Waals surface area contributed by atoms with Gasteiger partial charge >= 0.3 is 5.97 Å². The van der Waals surface area contributed by atoms with Gasteiger partial charge in [0, 0.05) is 5.56 Å². The van der Waals surface area contributed by atoms with E-state index in [1.54, 1.807) is 36.4 Å². The van der Waals surface area contributed by atoms with E-state index in [0.29, 0.717) is 10.6 Å². The lowest BCUT2D eigenvalue weighted by atomic mass is 10.0. The van der Waals surface area contributed by atoms with Crippen LogP contribution in [-0.2, 0) is 4.74 Å². The number of halogens is 1. The number of hydrogen-bond donors (Lipinski definition) is 0. The van der Waals surface area contributed by atoms with Crippen LogP contribution in [0.4, 0.5) is 0 Å². The van der Waals surface area contributed by atoms with Crippen LogP contribution in [0.2, 0.25) is 5.02 Å². The van der Waals surface area contributed by atoms with Crippen LogP contribution in [0.15, 0.2) is 78.9 Å². The Kier molecular flexibility index (Phi) is 5.26. The van der Waals surface area contributed by atoms with Crippen molar-refractivity contribution in [3.63, 3.8) is 0 Å². The molecule has 0 saturated carbocycles. The first kappa shape index (κ1) is 16.9. The highest BCUT2D eigenvalue weighted by Gasteiger charge is 2.14. The summed E-state index contributed by atoms with van der Waals surface area (Å²) in [7, 11) is 0.